The van der Waals surface area contributed by atoms with E-state index in [4.69, 9.17) is 14.2 Å². The second kappa shape index (κ2) is 53.2. The maximum absolute atomic E-state index is 12.2. The number of carbonyl (C=O) groups is 2. The van der Waals surface area contributed by atoms with Gasteiger partial charge in [0.25, 0.3) is 0 Å². The van der Waals surface area contributed by atoms with Gasteiger partial charge in [-0.3, -0.25) is 9.59 Å². The number of carbonyl (C=O) groups excluding carboxylic acids is 3. The number of rotatable bonds is 52. The highest BCUT2D eigenvalue weighted by Gasteiger charge is 2.10. The predicted octanol–water partition coefficient (Wildman–Crippen LogP) is 14.4. The highest BCUT2D eigenvalue weighted by molar-refractivity contribution is 5.69. The quantitative estimate of drug-likeness (QED) is 0.0210. The van der Waals surface area contributed by atoms with E-state index in [0.29, 0.717) is 51.4 Å². The summed E-state index contributed by atoms with van der Waals surface area (Å²) < 4.78 is 16.4. The van der Waals surface area contributed by atoms with Crippen LogP contribution in [0.25, 0.3) is 0 Å². The first kappa shape index (κ1) is 63.3. The smallest absolute Gasteiger partial charge is 0.306 e. The molecule has 0 bridgehead atoms. The van der Waals surface area contributed by atoms with Gasteiger partial charge in [-0.1, -0.05) is 173 Å². The molecule has 0 fully saturated rings. The fraction of sp³-hybridized carbons (Fsp3) is 0.825. The molecule has 0 aromatic carbocycles. The van der Waals surface area contributed by atoms with Crippen LogP contribution in [-0.4, -0.2) is 98.5 Å². The Hall–Kier alpha value is -2.71. The SMILES string of the molecule is CCCCCC/C=C\COC(=O)CCCCCCCN(CCCCCCCC(=O)OC/C=C\CCCCCC)CCCN(CCO)CCCCCCCC(=C=O)OC/C=C\CCCCCC. The number of esters is 2. The van der Waals surface area contributed by atoms with Crippen molar-refractivity contribution in [3.63, 3.8) is 0 Å². The first-order valence-electron chi connectivity index (χ1n) is 27.7. The molecule has 0 aliphatic heterocycles. The third-order valence-electron chi connectivity index (χ3n) is 12.3. The lowest BCUT2D eigenvalue weighted by Crippen LogP contribution is -2.33. The molecule has 0 atom stereocenters. The summed E-state index contributed by atoms with van der Waals surface area (Å²) in [5.41, 5.74) is 0. The van der Waals surface area contributed by atoms with Crippen LogP contribution in [0.15, 0.2) is 42.2 Å². The number of aliphatic hydroxyl groups excluding tert-OH is 1. The Kier molecular flexibility index (Phi) is 51.1. The number of allylic oxidation sites excluding steroid dienone is 4. The maximum atomic E-state index is 12.2. The van der Waals surface area contributed by atoms with E-state index in [2.05, 4.69) is 48.8 Å². The number of ether oxygens (including phenoxy) is 3. The van der Waals surface area contributed by atoms with E-state index < -0.39 is 0 Å². The highest BCUT2D eigenvalue weighted by atomic mass is 16.5. The second-order valence-electron chi connectivity index (χ2n) is 18.5. The van der Waals surface area contributed by atoms with Gasteiger partial charge >= 0.3 is 11.9 Å². The van der Waals surface area contributed by atoms with Crippen LogP contribution in [0.2, 0.25) is 0 Å². The first-order chi connectivity index (χ1) is 32.5. The molecule has 0 spiro atoms. The van der Waals surface area contributed by atoms with Crippen molar-refractivity contribution < 1.29 is 33.7 Å². The minimum absolute atomic E-state index is 0.0846. The Morgan fingerprint density at radius 2 is 0.727 bits per heavy atom. The zero-order valence-electron chi connectivity index (χ0n) is 43.4. The summed E-state index contributed by atoms with van der Waals surface area (Å²) in [7, 11) is 0. The monoisotopic (exact) mass is 929 g/mol. The van der Waals surface area contributed by atoms with E-state index in [1.54, 1.807) is 0 Å². The van der Waals surface area contributed by atoms with Crippen LogP contribution in [0, 0.1) is 0 Å². The number of hydrogen-bond donors (Lipinski definition) is 1. The normalized spacial score (nSPS) is 11.8. The summed E-state index contributed by atoms with van der Waals surface area (Å²) in [6.45, 7) is 14.0. The Morgan fingerprint density at radius 1 is 0.394 bits per heavy atom. The van der Waals surface area contributed by atoms with Crippen molar-refractivity contribution in [1.29, 1.82) is 0 Å². The fourth-order valence-electron chi connectivity index (χ4n) is 8.10. The van der Waals surface area contributed by atoms with E-state index in [-0.39, 0.29) is 18.5 Å². The van der Waals surface area contributed by atoms with Crippen LogP contribution in [0.5, 0.6) is 0 Å². The number of unbranched alkanes of at least 4 members (excludes halogenated alkanes) is 24. The molecule has 0 aromatic heterocycles. The Bertz CT molecular complexity index is 1150. The summed E-state index contributed by atoms with van der Waals surface area (Å²) in [6, 6.07) is 0. The molecule has 0 aliphatic rings. The zero-order chi connectivity index (χ0) is 48.1. The summed E-state index contributed by atoms with van der Waals surface area (Å²) in [5.74, 6) is 2.27. The Balaban J connectivity index is 4.57. The van der Waals surface area contributed by atoms with E-state index in [1.807, 2.05) is 24.2 Å². The molecular formula is C57H104N2O7. The standard InChI is InChI=1S/C57H104N2O7/c1-4-7-10-13-16-28-37-51-64-55(54-61)41-31-22-19-25-36-46-59(49-50-60)48-40-47-58(44-34-26-20-23-32-42-56(62)65-52-38-29-17-14-11-8-5-2)45-35-27-21-24-33-43-57(63)66-53-39-30-18-15-12-9-6-3/h28-30,37-39,60H,4-27,31-36,40-53H2,1-3H3/b37-28-,38-29-,39-30-. The highest BCUT2D eigenvalue weighted by Crippen LogP contribution is 2.14. The number of aliphatic hydroxyl groups is 1. The third-order valence-corrected chi connectivity index (χ3v) is 12.3. The second-order valence-corrected chi connectivity index (χ2v) is 18.5. The number of hydrogen-bond acceptors (Lipinski definition) is 9. The van der Waals surface area contributed by atoms with E-state index in [1.165, 1.54) is 89.9 Å². The third kappa shape index (κ3) is 47.8. The summed E-state index contributed by atoms with van der Waals surface area (Å²) in [5, 5.41) is 9.82. The first-order valence-corrected chi connectivity index (χ1v) is 27.7. The number of nitrogens with zero attached hydrogens (tertiary/aromatic N) is 2. The van der Waals surface area contributed by atoms with Crippen LogP contribution in [0.3, 0.4) is 0 Å². The van der Waals surface area contributed by atoms with Gasteiger partial charge in [0.2, 0.25) is 0 Å². The molecule has 0 aliphatic carbocycles. The van der Waals surface area contributed by atoms with Crippen LogP contribution >= 0.6 is 0 Å². The van der Waals surface area contributed by atoms with Crippen molar-refractivity contribution in [3.05, 3.63) is 42.2 Å². The summed E-state index contributed by atoms with van der Waals surface area (Å²) >= 11 is 0. The van der Waals surface area contributed by atoms with Crippen LogP contribution in [-0.2, 0) is 28.6 Å². The van der Waals surface area contributed by atoms with Crippen LogP contribution in [0.1, 0.15) is 239 Å². The molecule has 0 rings (SSSR count). The lowest BCUT2D eigenvalue weighted by Gasteiger charge is -2.26. The van der Waals surface area contributed by atoms with E-state index in [0.717, 1.165) is 142 Å². The largest absolute Gasteiger partial charge is 0.482 e. The van der Waals surface area contributed by atoms with Crippen LogP contribution in [0.4, 0.5) is 0 Å². The molecular weight excluding hydrogens is 825 g/mol. The molecule has 0 saturated heterocycles. The van der Waals surface area contributed by atoms with Gasteiger partial charge in [-0.15, -0.1) is 0 Å². The lowest BCUT2D eigenvalue weighted by molar-refractivity contribution is -0.143. The van der Waals surface area contributed by atoms with Gasteiger partial charge < -0.3 is 29.1 Å². The average Bonchev–Trinajstić information content (AvgIpc) is 3.32. The van der Waals surface area contributed by atoms with Crippen molar-refractivity contribution in [2.75, 3.05) is 65.7 Å². The average molecular weight is 929 g/mol. The molecule has 1 N–H and O–H groups in total. The van der Waals surface area contributed by atoms with Gasteiger partial charge in [-0.25, -0.2) is 4.79 Å². The summed E-state index contributed by atoms with van der Waals surface area (Å²) in [6.07, 6.45) is 49.7. The van der Waals surface area contributed by atoms with Crippen molar-refractivity contribution >= 4 is 17.9 Å². The van der Waals surface area contributed by atoms with Gasteiger partial charge in [-0.2, -0.15) is 0 Å². The van der Waals surface area contributed by atoms with Gasteiger partial charge in [-0.05, 0) is 116 Å². The molecule has 9 nitrogen and oxygen atoms in total. The molecule has 0 heterocycles. The molecule has 0 amide bonds. The van der Waals surface area contributed by atoms with Gasteiger partial charge in [0.1, 0.15) is 19.8 Å². The molecule has 66 heavy (non-hydrogen) atoms. The molecule has 0 saturated carbocycles. The van der Waals surface area contributed by atoms with Gasteiger partial charge in [0, 0.05) is 25.8 Å². The molecule has 384 valence electrons. The Labute approximate surface area is 407 Å². The van der Waals surface area contributed by atoms with Crippen molar-refractivity contribution in [2.24, 2.45) is 0 Å². The summed E-state index contributed by atoms with van der Waals surface area (Å²) in [4.78, 5) is 40.8. The van der Waals surface area contributed by atoms with E-state index >= 15 is 0 Å². The van der Waals surface area contributed by atoms with Gasteiger partial charge in [0.15, 0.2) is 11.7 Å². The molecule has 9 heteroatoms. The maximum Gasteiger partial charge on any atom is 0.306 e. The van der Waals surface area contributed by atoms with Crippen molar-refractivity contribution in [3.8, 4) is 0 Å². The minimum atomic E-state index is -0.0846. The fourth-order valence-corrected chi connectivity index (χ4v) is 8.10. The molecule has 0 radical (unpaired) electrons. The lowest BCUT2D eigenvalue weighted by atomic mass is 10.1. The van der Waals surface area contributed by atoms with Crippen molar-refractivity contribution in [2.45, 2.75) is 239 Å². The topological polar surface area (TPSA) is 106 Å². The van der Waals surface area contributed by atoms with Crippen LogP contribution < -0.4 is 0 Å². The van der Waals surface area contributed by atoms with E-state index in [9.17, 15) is 19.5 Å². The Morgan fingerprint density at radius 3 is 1.12 bits per heavy atom. The molecule has 0 unspecified atom stereocenters. The van der Waals surface area contributed by atoms with Gasteiger partial charge in [0.05, 0.1) is 6.61 Å². The van der Waals surface area contributed by atoms with Crippen molar-refractivity contribution in [1.82, 2.24) is 9.80 Å². The zero-order valence-corrected chi connectivity index (χ0v) is 43.4. The molecule has 0 aromatic rings. The minimum Gasteiger partial charge on any atom is -0.482 e. The predicted molar refractivity (Wildman–Crippen MR) is 278 cm³/mol.